The first-order chi connectivity index (χ1) is 19.8. The summed E-state index contributed by atoms with van der Waals surface area (Å²) in [6.45, 7) is 0.446. The summed E-state index contributed by atoms with van der Waals surface area (Å²) in [6.07, 6.45) is 7.37. The van der Waals surface area contributed by atoms with Crippen LogP contribution in [-0.4, -0.2) is 71.7 Å². The molecule has 1 heterocycles. The van der Waals surface area contributed by atoms with Crippen molar-refractivity contribution in [3.05, 3.63) is 52.8 Å². The highest BCUT2D eigenvalue weighted by Crippen LogP contribution is 2.39. The molecule has 3 aromatic rings. The Bertz CT molecular complexity index is 1280. The Hall–Kier alpha value is -5.13. The number of rotatable bonds is 14. The molecule has 12 heteroatoms. The van der Waals surface area contributed by atoms with E-state index < -0.39 is 0 Å². The highest BCUT2D eigenvalue weighted by atomic mass is 16.5. The third kappa shape index (κ3) is 8.18. The van der Waals surface area contributed by atoms with Gasteiger partial charge in [-0.2, -0.15) is 9.97 Å². The van der Waals surface area contributed by atoms with Crippen LogP contribution in [0.4, 0.5) is 0 Å². The monoisotopic (exact) mass is 565 g/mol. The molecule has 0 aliphatic heterocycles. The molecule has 218 valence electrons. The Labute approximate surface area is 239 Å². The molecule has 0 radical (unpaired) electrons. The maximum atomic E-state index is 5.73. The summed E-state index contributed by atoms with van der Waals surface area (Å²) in [7, 11) is 9.36. The van der Waals surface area contributed by atoms with Crippen LogP contribution in [0.3, 0.4) is 0 Å². The second-order valence-corrected chi connectivity index (χ2v) is 8.24. The smallest absolute Gasteiger partial charge is 0.317 e. The lowest BCUT2D eigenvalue weighted by Gasteiger charge is -2.13. The Kier molecular flexibility index (Phi) is 11.0. The Morgan fingerprint density at radius 2 is 1.05 bits per heavy atom. The molecular formula is C29H35N5O7. The van der Waals surface area contributed by atoms with Crippen LogP contribution in [0.5, 0.6) is 40.5 Å². The lowest BCUT2D eigenvalue weighted by atomic mass is 10.1. The van der Waals surface area contributed by atoms with Gasteiger partial charge in [0.25, 0.3) is 0 Å². The van der Waals surface area contributed by atoms with Gasteiger partial charge in [0.2, 0.25) is 11.5 Å². The fourth-order valence-electron chi connectivity index (χ4n) is 3.77. The van der Waals surface area contributed by atoms with Gasteiger partial charge < -0.3 is 44.6 Å². The first kappa shape index (κ1) is 30.4. The number of guanidine groups is 1. The minimum absolute atomic E-state index is 0.0227. The average molecular weight is 566 g/mol. The molecule has 4 N–H and O–H groups in total. The van der Waals surface area contributed by atoms with Gasteiger partial charge in [-0.25, -0.2) is 0 Å². The Morgan fingerprint density at radius 1 is 0.634 bits per heavy atom. The second-order valence-electron chi connectivity index (χ2n) is 8.24. The number of hydrogen-bond acceptors (Lipinski definition) is 10. The van der Waals surface area contributed by atoms with Crippen LogP contribution >= 0.6 is 0 Å². The van der Waals surface area contributed by atoms with E-state index in [2.05, 4.69) is 15.0 Å². The van der Waals surface area contributed by atoms with Crippen LogP contribution in [0.25, 0.3) is 24.3 Å². The van der Waals surface area contributed by atoms with E-state index in [9.17, 15) is 0 Å². The number of aromatic nitrogens is 2. The third-order valence-corrected chi connectivity index (χ3v) is 5.63. The highest BCUT2D eigenvalue weighted by Gasteiger charge is 2.13. The van der Waals surface area contributed by atoms with E-state index in [0.717, 1.165) is 11.1 Å². The lowest BCUT2D eigenvalue weighted by Crippen LogP contribution is -2.23. The second kappa shape index (κ2) is 14.9. The molecule has 0 saturated heterocycles. The summed E-state index contributed by atoms with van der Waals surface area (Å²) in [5.41, 5.74) is 13.6. The number of hydrogen-bond donors (Lipinski definition) is 2. The maximum Gasteiger partial charge on any atom is 0.317 e. The largest absolute Gasteiger partial charge is 0.493 e. The fourth-order valence-corrected chi connectivity index (χ4v) is 3.77. The van der Waals surface area contributed by atoms with E-state index in [-0.39, 0.29) is 25.1 Å². The molecule has 0 bridgehead atoms. The number of ether oxygens (including phenoxy) is 7. The highest BCUT2D eigenvalue weighted by molar-refractivity contribution is 5.76. The van der Waals surface area contributed by atoms with Crippen LogP contribution in [0.2, 0.25) is 0 Å². The van der Waals surface area contributed by atoms with Crippen molar-refractivity contribution in [1.29, 1.82) is 0 Å². The summed E-state index contributed by atoms with van der Waals surface area (Å²) in [4.78, 5) is 12.9. The normalized spacial score (nSPS) is 10.9. The van der Waals surface area contributed by atoms with Crippen molar-refractivity contribution in [1.82, 2.24) is 9.97 Å². The van der Waals surface area contributed by atoms with Crippen molar-refractivity contribution < 1.29 is 33.2 Å². The zero-order valence-electron chi connectivity index (χ0n) is 24.0. The van der Waals surface area contributed by atoms with Crippen molar-refractivity contribution in [2.75, 3.05) is 55.8 Å². The van der Waals surface area contributed by atoms with Gasteiger partial charge in [0.05, 0.1) is 60.6 Å². The molecule has 0 spiro atoms. The van der Waals surface area contributed by atoms with Crippen molar-refractivity contribution in [3.63, 3.8) is 0 Å². The molecule has 2 aromatic carbocycles. The quantitative estimate of drug-likeness (QED) is 0.168. The summed E-state index contributed by atoms with van der Waals surface area (Å²) in [5, 5.41) is 0. The standard InChI is InChI=1S/C29H35N5O7/c1-35-22-13-18(14-23(36-2)26(22)39-5)7-9-20-17-21(34-29(33-20)41-12-11-32-28(30)31)10-8-19-15-24(37-3)27(40-6)25(16-19)38-4/h7-10,13-17H,11-12H2,1-6H3,(H4,30,31,32). The van der Waals surface area contributed by atoms with Gasteiger partial charge in [-0.3, -0.25) is 4.99 Å². The molecule has 0 unspecified atom stereocenters. The minimum atomic E-state index is -0.0227. The first-order valence-corrected chi connectivity index (χ1v) is 12.4. The molecule has 0 atom stereocenters. The van der Waals surface area contributed by atoms with Crippen LogP contribution in [-0.2, 0) is 0 Å². The van der Waals surface area contributed by atoms with Crippen LogP contribution in [0.15, 0.2) is 35.3 Å². The summed E-state index contributed by atoms with van der Waals surface area (Å²) >= 11 is 0. The number of methoxy groups -OCH3 is 6. The fraction of sp³-hybridized carbons (Fsp3) is 0.276. The SMILES string of the molecule is COc1cc(C=Cc2cc(C=Cc3cc(OC)c(OC)c(OC)c3)nc(OCCN=C(N)N)n2)cc(OC)c1OC. The topological polar surface area (TPSA) is 155 Å². The number of nitrogens with two attached hydrogens (primary N) is 2. The molecule has 0 aliphatic rings. The van der Waals surface area contributed by atoms with Crippen molar-refractivity contribution in [2.24, 2.45) is 16.5 Å². The summed E-state index contributed by atoms with van der Waals surface area (Å²) in [5.74, 6) is 3.12. The number of aliphatic imine (C=N–C) groups is 1. The molecule has 0 amide bonds. The molecule has 0 saturated carbocycles. The van der Waals surface area contributed by atoms with E-state index in [1.54, 1.807) is 42.7 Å². The van der Waals surface area contributed by atoms with Crippen molar-refractivity contribution >= 4 is 30.3 Å². The van der Waals surface area contributed by atoms with Crippen molar-refractivity contribution in [3.8, 4) is 40.5 Å². The predicted octanol–water partition coefficient (Wildman–Crippen LogP) is 3.52. The molecule has 0 aliphatic carbocycles. The molecule has 0 fully saturated rings. The number of benzene rings is 2. The van der Waals surface area contributed by atoms with Gasteiger partial charge in [-0.1, -0.05) is 12.2 Å². The van der Waals surface area contributed by atoms with Gasteiger partial charge in [-0.15, -0.1) is 0 Å². The predicted molar refractivity (Wildman–Crippen MR) is 158 cm³/mol. The molecule has 1 aromatic heterocycles. The van der Waals surface area contributed by atoms with Gasteiger partial charge in [0.15, 0.2) is 29.0 Å². The third-order valence-electron chi connectivity index (χ3n) is 5.63. The zero-order valence-corrected chi connectivity index (χ0v) is 24.0. The lowest BCUT2D eigenvalue weighted by molar-refractivity contribution is 0.302. The molecule has 12 nitrogen and oxygen atoms in total. The van der Waals surface area contributed by atoms with E-state index in [1.165, 1.54) is 0 Å². The van der Waals surface area contributed by atoms with E-state index >= 15 is 0 Å². The van der Waals surface area contributed by atoms with E-state index in [1.807, 2.05) is 54.6 Å². The Balaban J connectivity index is 1.98. The molecular weight excluding hydrogens is 530 g/mol. The number of nitrogens with zero attached hydrogens (tertiary/aromatic N) is 3. The Morgan fingerprint density at radius 3 is 1.39 bits per heavy atom. The van der Waals surface area contributed by atoms with Gasteiger partial charge in [0.1, 0.15) is 6.61 Å². The van der Waals surface area contributed by atoms with Gasteiger partial charge >= 0.3 is 6.01 Å². The van der Waals surface area contributed by atoms with Gasteiger partial charge in [-0.05, 0) is 53.6 Å². The van der Waals surface area contributed by atoms with Crippen LogP contribution < -0.4 is 44.6 Å². The first-order valence-electron chi connectivity index (χ1n) is 12.4. The maximum absolute atomic E-state index is 5.73. The zero-order chi connectivity index (χ0) is 29.8. The average Bonchev–Trinajstić information content (AvgIpc) is 2.99. The molecule has 41 heavy (non-hydrogen) atoms. The minimum Gasteiger partial charge on any atom is -0.493 e. The van der Waals surface area contributed by atoms with Crippen LogP contribution in [0.1, 0.15) is 22.5 Å². The van der Waals surface area contributed by atoms with Gasteiger partial charge in [0, 0.05) is 0 Å². The van der Waals surface area contributed by atoms with Crippen LogP contribution in [0, 0.1) is 0 Å². The molecule has 3 rings (SSSR count). The van der Waals surface area contributed by atoms with E-state index in [4.69, 9.17) is 44.6 Å². The summed E-state index contributed by atoms with van der Waals surface area (Å²) < 4.78 is 38.4. The van der Waals surface area contributed by atoms with E-state index in [0.29, 0.717) is 45.9 Å². The summed E-state index contributed by atoms with van der Waals surface area (Å²) in [6, 6.07) is 9.29. The van der Waals surface area contributed by atoms with Crippen molar-refractivity contribution in [2.45, 2.75) is 0 Å².